The summed E-state index contributed by atoms with van der Waals surface area (Å²) in [5.74, 6) is -0.518. The highest BCUT2D eigenvalue weighted by Crippen LogP contribution is 2.33. The molecule has 0 spiro atoms. The number of fused-ring (bicyclic) bond motifs is 1. The quantitative estimate of drug-likeness (QED) is 0.905. The summed E-state index contributed by atoms with van der Waals surface area (Å²) in [7, 11) is 1.51. The number of anilines is 1. The smallest absolute Gasteiger partial charge is 0.303 e. The van der Waals surface area contributed by atoms with E-state index in [1.54, 1.807) is 23.2 Å². The molecule has 130 valence electrons. The van der Waals surface area contributed by atoms with Crippen molar-refractivity contribution in [3.05, 3.63) is 53.9 Å². The molecule has 1 aromatic carbocycles. The molecule has 0 saturated heterocycles. The van der Waals surface area contributed by atoms with Crippen LogP contribution in [0.4, 0.5) is 5.69 Å². The number of aromatic nitrogens is 1. The SMILES string of the molecule is COc1cccnc1C(=O)N1CC(CCC(=O)O)Cc2ccccc21. The van der Waals surface area contributed by atoms with Crippen molar-refractivity contribution in [3.63, 3.8) is 0 Å². The maximum atomic E-state index is 13.1. The number of hydrogen-bond donors (Lipinski definition) is 1. The first-order chi connectivity index (χ1) is 12.1. The van der Waals surface area contributed by atoms with E-state index in [-0.39, 0.29) is 23.9 Å². The van der Waals surface area contributed by atoms with Crippen molar-refractivity contribution in [2.24, 2.45) is 5.92 Å². The minimum Gasteiger partial charge on any atom is -0.494 e. The van der Waals surface area contributed by atoms with Gasteiger partial charge in [0.1, 0.15) is 5.75 Å². The molecule has 6 heteroatoms. The molecular formula is C19H20N2O4. The van der Waals surface area contributed by atoms with Crippen LogP contribution >= 0.6 is 0 Å². The largest absolute Gasteiger partial charge is 0.494 e. The van der Waals surface area contributed by atoms with Crippen molar-refractivity contribution >= 4 is 17.6 Å². The summed E-state index contributed by atoms with van der Waals surface area (Å²) in [4.78, 5) is 29.9. The molecule has 1 amide bonds. The molecular weight excluding hydrogens is 320 g/mol. The number of pyridine rings is 1. The number of rotatable bonds is 5. The molecule has 25 heavy (non-hydrogen) atoms. The number of aliphatic carboxylic acids is 1. The first-order valence-electron chi connectivity index (χ1n) is 8.20. The van der Waals surface area contributed by atoms with E-state index in [1.807, 2.05) is 24.3 Å². The first-order valence-corrected chi connectivity index (χ1v) is 8.20. The monoisotopic (exact) mass is 340 g/mol. The standard InChI is InChI=1S/C19H20N2O4/c1-25-16-7-4-10-20-18(16)19(24)21-12-13(8-9-17(22)23)11-14-5-2-3-6-15(14)21/h2-7,10,13H,8-9,11-12H2,1H3,(H,22,23). The molecule has 2 heterocycles. The Kier molecular flexibility index (Phi) is 4.97. The molecule has 0 aliphatic carbocycles. The number of carboxylic acids is 1. The highest BCUT2D eigenvalue weighted by Gasteiger charge is 2.31. The summed E-state index contributed by atoms with van der Waals surface area (Å²) in [5.41, 5.74) is 2.16. The molecule has 1 aliphatic heterocycles. The molecule has 1 aromatic heterocycles. The third-order valence-electron chi connectivity index (χ3n) is 4.44. The third-order valence-corrected chi connectivity index (χ3v) is 4.44. The molecule has 2 aromatic rings. The van der Waals surface area contributed by atoms with Gasteiger partial charge in [-0.2, -0.15) is 0 Å². The van der Waals surface area contributed by atoms with Gasteiger partial charge in [0.15, 0.2) is 5.69 Å². The fraction of sp³-hybridized carbons (Fsp3) is 0.316. The second kappa shape index (κ2) is 7.34. The summed E-state index contributed by atoms with van der Waals surface area (Å²) in [6.07, 6.45) is 2.97. The van der Waals surface area contributed by atoms with E-state index in [1.165, 1.54) is 7.11 Å². The molecule has 0 fully saturated rings. The lowest BCUT2D eigenvalue weighted by atomic mass is 9.89. The third kappa shape index (κ3) is 3.63. The summed E-state index contributed by atoms with van der Waals surface area (Å²) < 4.78 is 5.26. The highest BCUT2D eigenvalue weighted by atomic mass is 16.5. The predicted octanol–water partition coefficient (Wildman–Crippen LogP) is 2.77. The van der Waals surface area contributed by atoms with Gasteiger partial charge in [0.05, 0.1) is 7.11 Å². The van der Waals surface area contributed by atoms with Crippen LogP contribution in [0.15, 0.2) is 42.6 Å². The second-order valence-corrected chi connectivity index (χ2v) is 6.10. The topological polar surface area (TPSA) is 79.7 Å². The molecule has 0 saturated carbocycles. The van der Waals surface area contributed by atoms with Gasteiger partial charge in [-0.1, -0.05) is 18.2 Å². The molecule has 0 bridgehead atoms. The average Bonchev–Trinajstić information content (AvgIpc) is 2.65. The van der Waals surface area contributed by atoms with Crippen molar-refractivity contribution in [3.8, 4) is 5.75 Å². The van der Waals surface area contributed by atoms with E-state index >= 15 is 0 Å². The Bertz CT molecular complexity index is 790. The van der Waals surface area contributed by atoms with Crippen molar-refractivity contribution < 1.29 is 19.4 Å². The minimum absolute atomic E-state index is 0.0990. The maximum absolute atomic E-state index is 13.1. The maximum Gasteiger partial charge on any atom is 0.303 e. The van der Waals surface area contributed by atoms with E-state index in [0.29, 0.717) is 18.7 Å². The Morgan fingerprint density at radius 3 is 2.84 bits per heavy atom. The first kappa shape index (κ1) is 17.0. The lowest BCUT2D eigenvalue weighted by Crippen LogP contribution is -2.40. The van der Waals surface area contributed by atoms with Gasteiger partial charge in [0.25, 0.3) is 5.91 Å². The molecule has 1 unspecified atom stereocenters. The van der Waals surface area contributed by atoms with E-state index in [4.69, 9.17) is 9.84 Å². The Hall–Kier alpha value is -2.89. The fourth-order valence-electron chi connectivity index (χ4n) is 3.24. The van der Waals surface area contributed by atoms with E-state index < -0.39 is 5.97 Å². The van der Waals surface area contributed by atoms with Crippen LogP contribution in [0.25, 0.3) is 0 Å². The van der Waals surface area contributed by atoms with Gasteiger partial charge >= 0.3 is 5.97 Å². The van der Waals surface area contributed by atoms with Crippen LogP contribution in [-0.4, -0.2) is 35.6 Å². The van der Waals surface area contributed by atoms with Crippen LogP contribution in [0.2, 0.25) is 0 Å². The second-order valence-electron chi connectivity index (χ2n) is 6.10. The van der Waals surface area contributed by atoms with Crippen LogP contribution in [0, 0.1) is 5.92 Å². The van der Waals surface area contributed by atoms with Crippen molar-refractivity contribution in [2.75, 3.05) is 18.6 Å². The highest BCUT2D eigenvalue weighted by molar-refractivity contribution is 6.07. The van der Waals surface area contributed by atoms with Crippen molar-refractivity contribution in [2.45, 2.75) is 19.3 Å². The van der Waals surface area contributed by atoms with Crippen LogP contribution in [0.3, 0.4) is 0 Å². The summed E-state index contributed by atoms with van der Waals surface area (Å²) in [5, 5.41) is 8.95. The van der Waals surface area contributed by atoms with Crippen LogP contribution in [0.5, 0.6) is 5.75 Å². The predicted molar refractivity (Wildman–Crippen MR) is 93.0 cm³/mol. The van der Waals surface area contributed by atoms with E-state index in [0.717, 1.165) is 17.7 Å². The molecule has 1 atom stereocenters. The average molecular weight is 340 g/mol. The minimum atomic E-state index is -0.817. The lowest BCUT2D eigenvalue weighted by Gasteiger charge is -2.34. The molecule has 6 nitrogen and oxygen atoms in total. The number of benzene rings is 1. The summed E-state index contributed by atoms with van der Waals surface area (Å²) >= 11 is 0. The number of hydrogen-bond acceptors (Lipinski definition) is 4. The van der Waals surface area contributed by atoms with Gasteiger partial charge in [0.2, 0.25) is 0 Å². The van der Waals surface area contributed by atoms with Crippen molar-refractivity contribution in [1.29, 1.82) is 0 Å². The zero-order valence-corrected chi connectivity index (χ0v) is 14.0. The zero-order valence-electron chi connectivity index (χ0n) is 14.0. The Morgan fingerprint density at radius 2 is 2.08 bits per heavy atom. The number of carboxylic acid groups (broad SMARTS) is 1. The van der Waals surface area contributed by atoms with Crippen LogP contribution in [0.1, 0.15) is 28.9 Å². The number of ether oxygens (including phenoxy) is 1. The van der Waals surface area contributed by atoms with Gasteiger partial charge < -0.3 is 14.7 Å². The van der Waals surface area contributed by atoms with Gasteiger partial charge in [-0.05, 0) is 42.5 Å². The van der Waals surface area contributed by atoms with Gasteiger partial charge in [-0.25, -0.2) is 4.98 Å². The van der Waals surface area contributed by atoms with E-state index in [2.05, 4.69) is 4.98 Å². The number of nitrogens with zero attached hydrogens (tertiary/aromatic N) is 2. The van der Waals surface area contributed by atoms with Crippen molar-refractivity contribution in [1.82, 2.24) is 4.98 Å². The van der Waals surface area contributed by atoms with Gasteiger partial charge in [-0.15, -0.1) is 0 Å². The lowest BCUT2D eigenvalue weighted by molar-refractivity contribution is -0.137. The summed E-state index contributed by atoms with van der Waals surface area (Å²) in [6.45, 7) is 0.475. The fourth-order valence-corrected chi connectivity index (χ4v) is 3.24. The van der Waals surface area contributed by atoms with E-state index in [9.17, 15) is 9.59 Å². The molecule has 1 aliphatic rings. The number of amides is 1. The molecule has 0 radical (unpaired) electrons. The van der Waals surface area contributed by atoms with Crippen LogP contribution < -0.4 is 9.64 Å². The van der Waals surface area contributed by atoms with Gasteiger partial charge in [-0.3, -0.25) is 9.59 Å². The number of carbonyl (C=O) groups is 2. The zero-order chi connectivity index (χ0) is 17.8. The molecule has 3 rings (SSSR count). The summed E-state index contributed by atoms with van der Waals surface area (Å²) in [6, 6.07) is 11.1. The Balaban J connectivity index is 1.92. The Morgan fingerprint density at radius 1 is 1.28 bits per heavy atom. The number of para-hydroxylation sites is 1. The van der Waals surface area contributed by atoms with Gasteiger partial charge in [0, 0.05) is 24.8 Å². The number of carbonyl (C=O) groups excluding carboxylic acids is 1. The normalized spacial score (nSPS) is 16.2. The number of methoxy groups -OCH3 is 1. The molecule has 1 N–H and O–H groups in total. The van der Waals surface area contributed by atoms with Crippen LogP contribution in [-0.2, 0) is 11.2 Å². The Labute approximate surface area is 146 Å².